The first-order chi connectivity index (χ1) is 7.65. The van der Waals surface area contributed by atoms with Crippen LogP contribution in [0, 0.1) is 5.92 Å². The van der Waals surface area contributed by atoms with E-state index in [1.807, 2.05) is 12.1 Å². The number of ether oxygens (including phenoxy) is 1. The van der Waals surface area contributed by atoms with Crippen molar-refractivity contribution in [1.82, 2.24) is 4.98 Å². The lowest BCUT2D eigenvalue weighted by Gasteiger charge is -2.32. The van der Waals surface area contributed by atoms with E-state index in [2.05, 4.69) is 37.7 Å². The van der Waals surface area contributed by atoms with Gasteiger partial charge in [-0.25, -0.2) is 4.98 Å². The van der Waals surface area contributed by atoms with Gasteiger partial charge >= 0.3 is 0 Å². The Morgan fingerprint density at radius 2 is 2.19 bits per heavy atom. The minimum Gasteiger partial charge on any atom is -0.439 e. The second kappa shape index (κ2) is 4.16. The van der Waals surface area contributed by atoms with Crippen molar-refractivity contribution in [2.24, 2.45) is 5.92 Å². The molecule has 86 valence electrons. The number of aromatic nitrogens is 1. The molecule has 0 amide bonds. The number of fused-ring (bicyclic) bond motifs is 1. The van der Waals surface area contributed by atoms with Crippen molar-refractivity contribution >= 4 is 5.69 Å². The van der Waals surface area contributed by atoms with Gasteiger partial charge < -0.3 is 9.64 Å². The summed E-state index contributed by atoms with van der Waals surface area (Å²) in [7, 11) is 2.07. The van der Waals surface area contributed by atoms with E-state index in [-0.39, 0.29) is 0 Å². The first-order valence-electron chi connectivity index (χ1n) is 5.74. The molecule has 16 heavy (non-hydrogen) atoms. The number of nitrogens with zero attached hydrogens (tertiary/aromatic N) is 2. The van der Waals surface area contributed by atoms with Gasteiger partial charge in [0.25, 0.3) is 0 Å². The monoisotopic (exact) mass is 218 g/mol. The van der Waals surface area contributed by atoms with E-state index < -0.39 is 0 Å². The van der Waals surface area contributed by atoms with E-state index in [9.17, 15) is 0 Å². The summed E-state index contributed by atoms with van der Waals surface area (Å²) in [4.78, 5) is 6.45. The average molecular weight is 218 g/mol. The van der Waals surface area contributed by atoms with E-state index in [0.717, 1.165) is 17.9 Å². The Morgan fingerprint density at radius 3 is 2.81 bits per heavy atom. The molecule has 0 spiro atoms. The average Bonchev–Trinajstić information content (AvgIpc) is 2.29. The molecule has 0 radical (unpaired) electrons. The zero-order valence-corrected chi connectivity index (χ0v) is 10.3. The predicted octanol–water partition coefficient (Wildman–Crippen LogP) is 3.19. The van der Waals surface area contributed by atoms with Gasteiger partial charge in [-0.2, -0.15) is 0 Å². The number of hydrogen-bond acceptors (Lipinski definition) is 3. The van der Waals surface area contributed by atoms with Crippen molar-refractivity contribution in [3.05, 3.63) is 29.8 Å². The van der Waals surface area contributed by atoms with Crippen LogP contribution >= 0.6 is 0 Å². The molecule has 0 aliphatic carbocycles. The number of anilines is 1. The summed E-state index contributed by atoms with van der Waals surface area (Å²) in [5.41, 5.74) is 2.29. The highest BCUT2D eigenvalue weighted by atomic mass is 16.5. The zero-order valence-electron chi connectivity index (χ0n) is 10.3. The number of pyridine rings is 1. The van der Waals surface area contributed by atoms with Gasteiger partial charge in [0.15, 0.2) is 0 Å². The number of rotatable bonds is 2. The van der Waals surface area contributed by atoms with Crippen LogP contribution in [0.25, 0.3) is 0 Å². The van der Waals surface area contributed by atoms with Crippen LogP contribution in [-0.4, -0.2) is 12.0 Å². The van der Waals surface area contributed by atoms with Gasteiger partial charge in [0.05, 0.1) is 5.70 Å². The van der Waals surface area contributed by atoms with Gasteiger partial charge in [0, 0.05) is 19.2 Å². The van der Waals surface area contributed by atoms with Gasteiger partial charge in [-0.1, -0.05) is 20.8 Å². The predicted molar refractivity (Wildman–Crippen MR) is 65.4 cm³/mol. The SMILES string of the molecule is CCC1=C(C(C)C)Oc2ncccc2N1C. The fourth-order valence-corrected chi connectivity index (χ4v) is 2.05. The Morgan fingerprint density at radius 1 is 1.44 bits per heavy atom. The maximum atomic E-state index is 5.89. The summed E-state index contributed by atoms with van der Waals surface area (Å²) in [5.74, 6) is 2.13. The van der Waals surface area contributed by atoms with Crippen LogP contribution < -0.4 is 9.64 Å². The lowest BCUT2D eigenvalue weighted by molar-refractivity contribution is 0.337. The summed E-state index contributed by atoms with van der Waals surface area (Å²) < 4.78 is 5.89. The van der Waals surface area contributed by atoms with Crippen molar-refractivity contribution in [3.8, 4) is 5.88 Å². The zero-order chi connectivity index (χ0) is 11.7. The van der Waals surface area contributed by atoms with Crippen molar-refractivity contribution in [1.29, 1.82) is 0 Å². The van der Waals surface area contributed by atoms with Crippen LogP contribution in [0.4, 0.5) is 5.69 Å². The van der Waals surface area contributed by atoms with Gasteiger partial charge in [-0.05, 0) is 18.6 Å². The molecule has 0 unspecified atom stereocenters. The molecule has 0 saturated heterocycles. The van der Waals surface area contributed by atoms with Crippen LogP contribution in [0.3, 0.4) is 0 Å². The first-order valence-corrected chi connectivity index (χ1v) is 5.74. The largest absolute Gasteiger partial charge is 0.439 e. The molecule has 0 aromatic carbocycles. The van der Waals surface area contributed by atoms with Crippen LogP contribution in [0.15, 0.2) is 29.8 Å². The molecule has 0 bridgehead atoms. The summed E-state index contributed by atoms with van der Waals surface area (Å²) in [6.45, 7) is 6.44. The molecule has 3 heteroatoms. The van der Waals surface area contributed by atoms with E-state index >= 15 is 0 Å². The van der Waals surface area contributed by atoms with E-state index in [4.69, 9.17) is 4.74 Å². The maximum Gasteiger partial charge on any atom is 0.243 e. The van der Waals surface area contributed by atoms with Crippen LogP contribution in [-0.2, 0) is 0 Å². The first kappa shape index (κ1) is 11.0. The second-order valence-electron chi connectivity index (χ2n) is 4.31. The summed E-state index contributed by atoms with van der Waals surface area (Å²) in [6.07, 6.45) is 2.74. The molecule has 1 aliphatic rings. The molecule has 0 N–H and O–H groups in total. The minimum absolute atomic E-state index is 0.382. The topological polar surface area (TPSA) is 25.4 Å². The smallest absolute Gasteiger partial charge is 0.243 e. The molecule has 0 atom stereocenters. The van der Waals surface area contributed by atoms with Gasteiger partial charge in [0.2, 0.25) is 5.88 Å². The highest BCUT2D eigenvalue weighted by Gasteiger charge is 2.25. The summed E-state index contributed by atoms with van der Waals surface area (Å²) in [6, 6.07) is 3.97. The molecule has 3 nitrogen and oxygen atoms in total. The lowest BCUT2D eigenvalue weighted by Crippen LogP contribution is -2.26. The summed E-state index contributed by atoms with van der Waals surface area (Å²) in [5, 5.41) is 0. The Balaban J connectivity index is 2.49. The molecule has 2 rings (SSSR count). The quantitative estimate of drug-likeness (QED) is 0.762. The fraction of sp³-hybridized carbons (Fsp3) is 0.462. The highest BCUT2D eigenvalue weighted by molar-refractivity contribution is 5.61. The minimum atomic E-state index is 0.382. The maximum absolute atomic E-state index is 5.89. The second-order valence-corrected chi connectivity index (χ2v) is 4.31. The lowest BCUT2D eigenvalue weighted by atomic mass is 10.1. The third-order valence-corrected chi connectivity index (χ3v) is 2.87. The molecule has 2 heterocycles. The standard InChI is InChI=1S/C13H18N2O/c1-5-10-12(9(2)3)16-13-11(15(10)4)7-6-8-14-13/h6-9H,5H2,1-4H3. The normalized spacial score (nSPS) is 15.2. The van der Waals surface area contributed by atoms with E-state index in [1.165, 1.54) is 5.70 Å². The molecule has 0 fully saturated rings. The molecule has 1 aliphatic heterocycles. The van der Waals surface area contributed by atoms with Crippen LogP contribution in [0.2, 0.25) is 0 Å². The Hall–Kier alpha value is -1.51. The van der Waals surface area contributed by atoms with Crippen molar-refractivity contribution < 1.29 is 4.74 Å². The third kappa shape index (κ3) is 1.66. The number of hydrogen-bond donors (Lipinski definition) is 0. The molecule has 1 aromatic heterocycles. The van der Waals surface area contributed by atoms with Crippen LogP contribution in [0.1, 0.15) is 27.2 Å². The molecule has 0 saturated carbocycles. The van der Waals surface area contributed by atoms with Crippen molar-refractivity contribution in [3.63, 3.8) is 0 Å². The van der Waals surface area contributed by atoms with Gasteiger partial charge in [-0.3, -0.25) is 0 Å². The Kier molecular flexibility index (Phi) is 2.86. The fourth-order valence-electron chi connectivity index (χ4n) is 2.05. The highest BCUT2D eigenvalue weighted by Crippen LogP contribution is 2.37. The third-order valence-electron chi connectivity index (χ3n) is 2.87. The molecular weight excluding hydrogens is 200 g/mol. The molecular formula is C13H18N2O. The molecule has 1 aromatic rings. The van der Waals surface area contributed by atoms with Gasteiger partial charge in [0.1, 0.15) is 11.4 Å². The van der Waals surface area contributed by atoms with Crippen molar-refractivity contribution in [2.75, 3.05) is 11.9 Å². The van der Waals surface area contributed by atoms with Crippen LogP contribution in [0.5, 0.6) is 5.88 Å². The number of allylic oxidation sites excluding steroid dienone is 2. The van der Waals surface area contributed by atoms with E-state index in [0.29, 0.717) is 11.8 Å². The Bertz CT molecular complexity index is 424. The van der Waals surface area contributed by atoms with E-state index in [1.54, 1.807) is 6.20 Å². The van der Waals surface area contributed by atoms with Gasteiger partial charge in [-0.15, -0.1) is 0 Å². The Labute approximate surface area is 96.7 Å². The van der Waals surface area contributed by atoms with Crippen molar-refractivity contribution in [2.45, 2.75) is 27.2 Å². The summed E-state index contributed by atoms with van der Waals surface area (Å²) >= 11 is 0.